The number of hydrogen-bond acceptors (Lipinski definition) is 3. The van der Waals surface area contributed by atoms with Crippen LogP contribution in [0.5, 0.6) is 0 Å². The van der Waals surface area contributed by atoms with Crippen LogP contribution < -0.4 is 0 Å². The maximum Gasteiger partial charge on any atom is 0.254 e. The van der Waals surface area contributed by atoms with Crippen LogP contribution in [0.25, 0.3) is 0 Å². The molecule has 1 amide bonds. The molecular weight excluding hydrogens is 348 g/mol. The smallest absolute Gasteiger partial charge is 0.254 e. The third-order valence-electron chi connectivity index (χ3n) is 6.53. The Morgan fingerprint density at radius 1 is 1.14 bits per heavy atom. The Kier molecular flexibility index (Phi) is 4.95. The van der Waals surface area contributed by atoms with Gasteiger partial charge in [0.15, 0.2) is 0 Å². The molecule has 2 aliphatic rings. The number of aliphatic hydroxyl groups excluding tert-OH is 1. The van der Waals surface area contributed by atoms with Crippen molar-refractivity contribution >= 4 is 5.91 Å². The molecule has 2 aromatic carbocycles. The van der Waals surface area contributed by atoms with E-state index in [1.165, 1.54) is 11.1 Å². The lowest BCUT2D eigenvalue weighted by molar-refractivity contribution is 0.0191. The Labute approximate surface area is 166 Å². The Hall–Kier alpha value is -2.64. The summed E-state index contributed by atoms with van der Waals surface area (Å²) in [5, 5.41) is 19.4. The van der Waals surface area contributed by atoms with Gasteiger partial charge in [0.25, 0.3) is 5.91 Å². The van der Waals surface area contributed by atoms with Crippen molar-refractivity contribution in [2.45, 2.75) is 64.6 Å². The van der Waals surface area contributed by atoms with Crippen LogP contribution in [0.2, 0.25) is 0 Å². The van der Waals surface area contributed by atoms with Crippen LogP contribution in [-0.2, 0) is 13.0 Å². The number of carbonyl (C=O) groups is 1. The van der Waals surface area contributed by atoms with Crippen molar-refractivity contribution in [3.8, 4) is 6.07 Å². The number of rotatable bonds is 3. The molecule has 0 aromatic heterocycles. The summed E-state index contributed by atoms with van der Waals surface area (Å²) in [6.07, 6.45) is 4.12. The van der Waals surface area contributed by atoms with Crippen molar-refractivity contribution in [3.05, 3.63) is 69.3 Å². The number of benzene rings is 2. The van der Waals surface area contributed by atoms with Crippen molar-refractivity contribution in [2.75, 3.05) is 0 Å². The Morgan fingerprint density at radius 3 is 2.54 bits per heavy atom. The maximum atomic E-state index is 13.2. The van der Waals surface area contributed by atoms with Crippen LogP contribution in [0.1, 0.15) is 69.4 Å². The number of fused-ring (bicyclic) bond motifs is 1. The molecule has 144 valence electrons. The molecule has 0 spiro atoms. The summed E-state index contributed by atoms with van der Waals surface area (Å²) in [4.78, 5) is 15.1. The molecule has 1 N–H and O–H groups in total. The second-order valence-corrected chi connectivity index (χ2v) is 8.15. The lowest BCUT2D eigenvalue weighted by Crippen LogP contribution is -2.45. The zero-order valence-electron chi connectivity index (χ0n) is 16.5. The van der Waals surface area contributed by atoms with Crippen molar-refractivity contribution in [1.82, 2.24) is 4.90 Å². The van der Waals surface area contributed by atoms with E-state index in [1.54, 1.807) is 0 Å². The second-order valence-electron chi connectivity index (χ2n) is 8.15. The van der Waals surface area contributed by atoms with Gasteiger partial charge in [-0.25, -0.2) is 0 Å². The van der Waals surface area contributed by atoms with Gasteiger partial charge in [0.2, 0.25) is 0 Å². The van der Waals surface area contributed by atoms with E-state index in [1.807, 2.05) is 35.2 Å². The van der Waals surface area contributed by atoms with Crippen molar-refractivity contribution in [3.63, 3.8) is 0 Å². The van der Waals surface area contributed by atoms with E-state index in [-0.39, 0.29) is 11.9 Å². The van der Waals surface area contributed by atoms with E-state index in [0.717, 1.165) is 54.4 Å². The van der Waals surface area contributed by atoms with Crippen LogP contribution in [0.3, 0.4) is 0 Å². The Morgan fingerprint density at radius 2 is 1.86 bits per heavy atom. The molecule has 4 heteroatoms. The molecule has 4 rings (SSSR count). The quantitative estimate of drug-likeness (QED) is 0.882. The average molecular weight is 374 g/mol. The predicted molar refractivity (Wildman–Crippen MR) is 108 cm³/mol. The van der Waals surface area contributed by atoms with Crippen LogP contribution in [0.4, 0.5) is 0 Å². The third kappa shape index (κ3) is 3.21. The van der Waals surface area contributed by atoms with E-state index in [9.17, 15) is 9.90 Å². The van der Waals surface area contributed by atoms with Gasteiger partial charge in [0.1, 0.15) is 0 Å². The number of hydrogen-bond donors (Lipinski definition) is 1. The zero-order chi connectivity index (χ0) is 19.8. The number of amides is 1. The maximum absolute atomic E-state index is 13.2. The number of nitrogens with zero attached hydrogens (tertiary/aromatic N) is 2. The largest absolute Gasteiger partial charge is 0.391 e. The summed E-state index contributed by atoms with van der Waals surface area (Å²) in [6, 6.07) is 11.8. The van der Waals surface area contributed by atoms with Crippen LogP contribution in [0.15, 0.2) is 30.3 Å². The zero-order valence-corrected chi connectivity index (χ0v) is 16.5. The molecule has 1 heterocycles. The van der Waals surface area contributed by atoms with Crippen molar-refractivity contribution < 1.29 is 9.90 Å². The Bertz CT molecular complexity index is 956. The first-order chi connectivity index (χ1) is 13.5. The first-order valence-corrected chi connectivity index (χ1v) is 10.1. The van der Waals surface area contributed by atoms with Gasteiger partial charge in [-0.3, -0.25) is 4.79 Å². The Balaban J connectivity index is 1.64. The molecule has 1 aliphatic heterocycles. The van der Waals surface area contributed by atoms with Crippen LogP contribution in [0, 0.1) is 25.2 Å². The third-order valence-corrected chi connectivity index (χ3v) is 6.53. The minimum atomic E-state index is -0.411. The molecule has 0 bridgehead atoms. The van der Waals surface area contributed by atoms with Gasteiger partial charge in [-0.15, -0.1) is 0 Å². The highest BCUT2D eigenvalue weighted by Crippen LogP contribution is 2.35. The molecular formula is C24H26N2O2. The summed E-state index contributed by atoms with van der Waals surface area (Å²) >= 11 is 0. The van der Waals surface area contributed by atoms with Crippen molar-refractivity contribution in [2.24, 2.45) is 0 Å². The normalized spacial score (nSPS) is 21.5. The van der Waals surface area contributed by atoms with Gasteiger partial charge >= 0.3 is 0 Å². The van der Waals surface area contributed by atoms with Gasteiger partial charge in [-0.2, -0.15) is 5.26 Å². The van der Waals surface area contributed by atoms with Gasteiger partial charge in [0, 0.05) is 12.1 Å². The topological polar surface area (TPSA) is 64.3 Å². The second kappa shape index (κ2) is 7.41. The van der Waals surface area contributed by atoms with Gasteiger partial charge in [-0.1, -0.05) is 25.0 Å². The minimum absolute atomic E-state index is 0.0599. The van der Waals surface area contributed by atoms with E-state index >= 15 is 0 Å². The number of nitriles is 1. The molecule has 1 fully saturated rings. The molecule has 0 saturated heterocycles. The van der Waals surface area contributed by atoms with E-state index in [0.29, 0.717) is 12.1 Å². The SMILES string of the molecule is Cc1c(Cc2ccc(C#N)cc2)cc2c(c1C)CN([C@H]1CCCC[C@@H]1O)C2=O. The highest BCUT2D eigenvalue weighted by molar-refractivity contribution is 5.99. The number of aliphatic hydroxyl groups is 1. The molecule has 0 radical (unpaired) electrons. The molecule has 1 aliphatic carbocycles. The fourth-order valence-electron chi connectivity index (χ4n) is 4.65. The van der Waals surface area contributed by atoms with Crippen LogP contribution >= 0.6 is 0 Å². The summed E-state index contributed by atoms with van der Waals surface area (Å²) in [5.74, 6) is 0.0603. The average Bonchev–Trinajstić information content (AvgIpc) is 3.03. The standard InChI is InChI=1S/C24H26N2O2/c1-15-16(2)21-14-26(22-5-3-4-6-23(22)27)24(28)20(21)12-19(15)11-17-7-9-18(13-25)10-8-17/h7-10,12,22-23,27H,3-6,11,14H2,1-2H3/t22-,23-/m0/s1. The highest BCUT2D eigenvalue weighted by Gasteiger charge is 2.38. The summed E-state index contributed by atoms with van der Waals surface area (Å²) in [5.41, 5.74) is 7.26. The molecule has 0 unspecified atom stereocenters. The lowest BCUT2D eigenvalue weighted by atomic mass is 9.91. The monoisotopic (exact) mass is 374 g/mol. The molecule has 1 saturated carbocycles. The van der Waals surface area contributed by atoms with Gasteiger partial charge in [0.05, 0.1) is 23.8 Å². The van der Waals surface area contributed by atoms with E-state index < -0.39 is 6.10 Å². The fraction of sp³-hybridized carbons (Fsp3) is 0.417. The predicted octanol–water partition coefficient (Wildman–Crippen LogP) is 4.03. The van der Waals surface area contributed by atoms with Crippen molar-refractivity contribution in [1.29, 1.82) is 5.26 Å². The first-order valence-electron chi connectivity index (χ1n) is 10.1. The van der Waals surface area contributed by atoms with Gasteiger partial charge in [-0.05, 0) is 79.1 Å². The van der Waals surface area contributed by atoms with Gasteiger partial charge < -0.3 is 10.0 Å². The molecule has 2 aromatic rings. The molecule has 28 heavy (non-hydrogen) atoms. The van der Waals surface area contributed by atoms with E-state index in [2.05, 4.69) is 19.9 Å². The first kappa shape index (κ1) is 18.7. The summed E-state index contributed by atoms with van der Waals surface area (Å²) in [6.45, 7) is 4.83. The lowest BCUT2D eigenvalue weighted by Gasteiger charge is -2.35. The molecule has 2 atom stereocenters. The summed E-state index contributed by atoms with van der Waals surface area (Å²) in [7, 11) is 0. The molecule has 4 nitrogen and oxygen atoms in total. The fourth-order valence-corrected chi connectivity index (χ4v) is 4.65. The highest BCUT2D eigenvalue weighted by atomic mass is 16.3. The minimum Gasteiger partial charge on any atom is -0.391 e. The van der Waals surface area contributed by atoms with E-state index in [4.69, 9.17) is 5.26 Å². The summed E-state index contributed by atoms with van der Waals surface area (Å²) < 4.78 is 0. The van der Waals surface area contributed by atoms with Crippen LogP contribution in [-0.4, -0.2) is 28.1 Å². The number of carbonyl (C=O) groups excluding carboxylic acids is 1.